The lowest BCUT2D eigenvalue weighted by Crippen LogP contribution is -2.63. The number of ether oxygens (including phenoxy) is 1. The molecule has 2 aliphatic heterocycles. The van der Waals surface area contributed by atoms with Gasteiger partial charge in [-0.15, -0.1) is 0 Å². The van der Waals surface area contributed by atoms with Crippen molar-refractivity contribution < 1.29 is 14.3 Å². The van der Waals surface area contributed by atoms with Gasteiger partial charge in [0.1, 0.15) is 0 Å². The summed E-state index contributed by atoms with van der Waals surface area (Å²) < 4.78 is 5.39. The summed E-state index contributed by atoms with van der Waals surface area (Å²) in [7, 11) is 0. The third-order valence-corrected chi connectivity index (χ3v) is 4.53. The molecule has 0 bridgehead atoms. The van der Waals surface area contributed by atoms with Gasteiger partial charge in [-0.1, -0.05) is 12.8 Å². The highest BCUT2D eigenvalue weighted by molar-refractivity contribution is 5.87. The van der Waals surface area contributed by atoms with Gasteiger partial charge in [-0.3, -0.25) is 9.59 Å². The van der Waals surface area contributed by atoms with Crippen LogP contribution < -0.4 is 10.6 Å². The summed E-state index contributed by atoms with van der Waals surface area (Å²) in [6, 6.07) is 0.436. The number of amides is 2. The monoisotopic (exact) mass is 281 g/mol. The van der Waals surface area contributed by atoms with Crippen molar-refractivity contribution in [3.8, 4) is 0 Å². The van der Waals surface area contributed by atoms with Crippen LogP contribution >= 0.6 is 0 Å². The van der Waals surface area contributed by atoms with Crippen LogP contribution in [0.25, 0.3) is 0 Å². The Kier molecular flexibility index (Phi) is 4.21. The van der Waals surface area contributed by atoms with Crippen LogP contribution in [-0.2, 0) is 14.3 Å². The van der Waals surface area contributed by atoms with Crippen molar-refractivity contribution in [3.63, 3.8) is 0 Å². The van der Waals surface area contributed by atoms with Gasteiger partial charge >= 0.3 is 0 Å². The number of hydrogen-bond donors (Lipinski definition) is 2. The standard InChI is InChI=1S/C14H23N3O3/c18-13-8-17(12-4-2-1-3-11(12)16-13)14(19)7-10-9-20-6-5-15-10/h10-12,15H,1-9H2,(H,16,18). The maximum Gasteiger partial charge on any atom is 0.239 e. The van der Waals surface area contributed by atoms with Crippen LogP contribution in [0.3, 0.4) is 0 Å². The number of carbonyl (C=O) groups is 2. The summed E-state index contributed by atoms with van der Waals surface area (Å²) in [5.74, 6) is 0.0640. The summed E-state index contributed by atoms with van der Waals surface area (Å²) in [6.07, 6.45) is 4.71. The van der Waals surface area contributed by atoms with Crippen molar-refractivity contribution in [2.24, 2.45) is 0 Å². The van der Waals surface area contributed by atoms with E-state index in [1.165, 1.54) is 0 Å². The van der Waals surface area contributed by atoms with Crippen molar-refractivity contribution in [1.29, 1.82) is 0 Å². The summed E-state index contributed by atoms with van der Waals surface area (Å²) in [4.78, 5) is 26.1. The third kappa shape index (κ3) is 2.96. The normalized spacial score (nSPS) is 34.3. The summed E-state index contributed by atoms with van der Waals surface area (Å²) >= 11 is 0. The number of nitrogens with zero attached hydrogens (tertiary/aromatic N) is 1. The maximum absolute atomic E-state index is 12.5. The number of fused-ring (bicyclic) bond motifs is 1. The van der Waals surface area contributed by atoms with Crippen molar-refractivity contribution in [2.75, 3.05) is 26.3 Å². The molecule has 20 heavy (non-hydrogen) atoms. The number of nitrogens with one attached hydrogen (secondary N) is 2. The Morgan fingerprint density at radius 2 is 2.20 bits per heavy atom. The zero-order chi connectivity index (χ0) is 13.9. The second kappa shape index (κ2) is 6.10. The van der Waals surface area contributed by atoms with Crippen LogP contribution in [0.4, 0.5) is 0 Å². The van der Waals surface area contributed by atoms with Gasteiger partial charge in [-0.25, -0.2) is 0 Å². The Labute approximate surface area is 119 Å². The molecular weight excluding hydrogens is 258 g/mol. The molecular formula is C14H23N3O3. The highest BCUT2D eigenvalue weighted by atomic mass is 16.5. The molecule has 2 heterocycles. The van der Waals surface area contributed by atoms with Crippen molar-refractivity contribution in [3.05, 3.63) is 0 Å². The molecule has 0 aromatic rings. The predicted octanol–water partition coefficient (Wildman–Crippen LogP) is -0.365. The van der Waals surface area contributed by atoms with E-state index in [0.29, 0.717) is 19.6 Å². The van der Waals surface area contributed by atoms with Gasteiger partial charge in [0.05, 0.1) is 25.8 Å². The van der Waals surface area contributed by atoms with Gasteiger partial charge in [-0.05, 0) is 12.8 Å². The third-order valence-electron chi connectivity index (χ3n) is 4.53. The van der Waals surface area contributed by atoms with E-state index >= 15 is 0 Å². The van der Waals surface area contributed by atoms with Gasteiger partial charge in [0.25, 0.3) is 0 Å². The first-order chi connectivity index (χ1) is 9.74. The zero-order valence-electron chi connectivity index (χ0n) is 11.8. The average Bonchev–Trinajstić information content (AvgIpc) is 2.47. The van der Waals surface area contributed by atoms with E-state index in [4.69, 9.17) is 4.74 Å². The maximum atomic E-state index is 12.5. The Morgan fingerprint density at radius 1 is 1.35 bits per heavy atom. The molecule has 3 aliphatic rings. The molecule has 2 amide bonds. The first-order valence-corrected chi connectivity index (χ1v) is 7.64. The second-order valence-electron chi connectivity index (χ2n) is 5.98. The molecule has 1 saturated carbocycles. The molecule has 0 spiro atoms. The quantitative estimate of drug-likeness (QED) is 0.725. The van der Waals surface area contributed by atoms with Gasteiger partial charge in [0.2, 0.25) is 11.8 Å². The van der Waals surface area contributed by atoms with E-state index in [1.54, 1.807) is 4.90 Å². The smallest absolute Gasteiger partial charge is 0.239 e. The number of hydrogen-bond acceptors (Lipinski definition) is 4. The van der Waals surface area contributed by atoms with E-state index < -0.39 is 0 Å². The summed E-state index contributed by atoms with van der Waals surface area (Å²) in [5, 5.41) is 6.33. The Hall–Kier alpha value is -1.14. The molecule has 3 unspecified atom stereocenters. The average molecular weight is 281 g/mol. The Bertz CT molecular complexity index is 382. The Morgan fingerprint density at radius 3 is 3.00 bits per heavy atom. The predicted molar refractivity (Wildman–Crippen MR) is 73.1 cm³/mol. The summed E-state index contributed by atoms with van der Waals surface area (Å²) in [5.41, 5.74) is 0. The lowest BCUT2D eigenvalue weighted by atomic mass is 9.87. The van der Waals surface area contributed by atoms with Gasteiger partial charge in [0, 0.05) is 25.0 Å². The van der Waals surface area contributed by atoms with E-state index in [1.807, 2.05) is 0 Å². The SMILES string of the molecule is O=C1CN(C(=O)CC2COCCN2)C2CCCCC2N1. The molecule has 0 aromatic carbocycles. The van der Waals surface area contributed by atoms with Gasteiger partial charge in [-0.2, -0.15) is 0 Å². The molecule has 3 rings (SSSR count). The van der Waals surface area contributed by atoms with E-state index in [2.05, 4.69) is 10.6 Å². The van der Waals surface area contributed by atoms with Crippen molar-refractivity contribution in [1.82, 2.24) is 15.5 Å². The molecule has 2 N–H and O–H groups in total. The fraction of sp³-hybridized carbons (Fsp3) is 0.857. The molecule has 2 saturated heterocycles. The summed E-state index contributed by atoms with van der Waals surface area (Å²) in [6.45, 7) is 2.31. The molecule has 3 atom stereocenters. The lowest BCUT2D eigenvalue weighted by Gasteiger charge is -2.44. The van der Waals surface area contributed by atoms with Crippen molar-refractivity contribution in [2.45, 2.75) is 50.2 Å². The molecule has 3 fully saturated rings. The van der Waals surface area contributed by atoms with Gasteiger partial charge < -0.3 is 20.3 Å². The highest BCUT2D eigenvalue weighted by Crippen LogP contribution is 2.26. The highest BCUT2D eigenvalue weighted by Gasteiger charge is 2.39. The topological polar surface area (TPSA) is 70.7 Å². The minimum absolute atomic E-state index is 0.0191. The number of rotatable bonds is 2. The first kappa shape index (κ1) is 13.8. The minimum atomic E-state index is -0.0191. The van der Waals surface area contributed by atoms with E-state index in [-0.39, 0.29) is 36.5 Å². The molecule has 6 nitrogen and oxygen atoms in total. The molecule has 112 valence electrons. The molecule has 0 aromatic heterocycles. The van der Waals surface area contributed by atoms with Crippen LogP contribution in [0.2, 0.25) is 0 Å². The Balaban J connectivity index is 1.63. The van der Waals surface area contributed by atoms with Crippen LogP contribution in [-0.4, -0.2) is 61.1 Å². The first-order valence-electron chi connectivity index (χ1n) is 7.64. The number of piperazine rings is 1. The second-order valence-corrected chi connectivity index (χ2v) is 5.98. The fourth-order valence-electron chi connectivity index (χ4n) is 3.53. The van der Waals surface area contributed by atoms with E-state index in [0.717, 1.165) is 32.2 Å². The van der Waals surface area contributed by atoms with Gasteiger partial charge in [0.15, 0.2) is 0 Å². The van der Waals surface area contributed by atoms with Crippen LogP contribution in [0.15, 0.2) is 0 Å². The van der Waals surface area contributed by atoms with E-state index in [9.17, 15) is 9.59 Å². The van der Waals surface area contributed by atoms with Crippen LogP contribution in [0.5, 0.6) is 0 Å². The lowest BCUT2D eigenvalue weighted by molar-refractivity contribution is -0.145. The number of morpholine rings is 1. The molecule has 6 heteroatoms. The number of carbonyl (C=O) groups excluding carboxylic acids is 2. The van der Waals surface area contributed by atoms with Crippen LogP contribution in [0.1, 0.15) is 32.1 Å². The van der Waals surface area contributed by atoms with Crippen LogP contribution in [0, 0.1) is 0 Å². The molecule has 1 aliphatic carbocycles. The zero-order valence-corrected chi connectivity index (χ0v) is 11.8. The molecule has 0 radical (unpaired) electrons. The van der Waals surface area contributed by atoms with Crippen molar-refractivity contribution >= 4 is 11.8 Å². The minimum Gasteiger partial charge on any atom is -0.378 e. The fourth-order valence-corrected chi connectivity index (χ4v) is 3.53. The largest absolute Gasteiger partial charge is 0.378 e.